The lowest BCUT2D eigenvalue weighted by Gasteiger charge is -2.18. The van der Waals surface area contributed by atoms with Crippen molar-refractivity contribution in [2.75, 3.05) is 18.4 Å². The van der Waals surface area contributed by atoms with Gasteiger partial charge in [0.25, 0.3) is 0 Å². The molecule has 2 atom stereocenters. The van der Waals surface area contributed by atoms with Crippen LogP contribution < -0.4 is 10.1 Å². The Morgan fingerprint density at radius 3 is 2.77 bits per heavy atom. The molecule has 2 aromatic carbocycles. The highest BCUT2D eigenvalue weighted by atomic mass is 35.5. The molecule has 4 rings (SSSR count). The minimum atomic E-state index is -3.57. The third-order valence-electron chi connectivity index (χ3n) is 4.85. The maximum atomic E-state index is 13.1. The molecule has 2 aliphatic rings. The van der Waals surface area contributed by atoms with Crippen molar-refractivity contribution in [3.63, 3.8) is 0 Å². The van der Waals surface area contributed by atoms with Crippen LogP contribution in [0.25, 0.3) is 0 Å². The van der Waals surface area contributed by atoms with E-state index in [1.54, 1.807) is 6.07 Å². The summed E-state index contributed by atoms with van der Waals surface area (Å²) in [5.74, 6) is 0.614. The Morgan fingerprint density at radius 1 is 1.23 bits per heavy atom. The van der Waals surface area contributed by atoms with Crippen molar-refractivity contribution in [1.29, 1.82) is 0 Å². The summed E-state index contributed by atoms with van der Waals surface area (Å²) in [4.78, 5) is 0.249. The molecule has 2 unspecified atom stereocenters. The molecule has 26 heavy (non-hydrogen) atoms. The number of nitrogens with one attached hydrogen (secondary N) is 1. The van der Waals surface area contributed by atoms with Crippen molar-refractivity contribution < 1.29 is 13.2 Å². The summed E-state index contributed by atoms with van der Waals surface area (Å²) < 4.78 is 33.3. The molecule has 1 fully saturated rings. The molecule has 2 heterocycles. The van der Waals surface area contributed by atoms with E-state index in [0.29, 0.717) is 30.3 Å². The van der Waals surface area contributed by atoms with Gasteiger partial charge in [0.05, 0.1) is 9.92 Å². The van der Waals surface area contributed by atoms with Crippen molar-refractivity contribution in [3.05, 3.63) is 53.1 Å². The number of benzene rings is 2. The molecule has 0 radical (unpaired) electrons. The average molecular weight is 393 g/mol. The van der Waals surface area contributed by atoms with Crippen LogP contribution in [0, 0.1) is 0 Å². The molecular weight excluding hydrogens is 372 g/mol. The molecule has 0 saturated carbocycles. The molecule has 0 aromatic heterocycles. The summed E-state index contributed by atoms with van der Waals surface area (Å²) in [5.41, 5.74) is 1.87. The Hall–Kier alpha value is -1.76. The molecular formula is C19H21ClN2O3S. The van der Waals surface area contributed by atoms with Crippen LogP contribution in [0.15, 0.2) is 47.4 Å². The minimum absolute atomic E-state index is 0.0201. The SMILES string of the molecule is CC1Cc2cc(S(=O)(=O)N3CCC(Nc4ccccc4)C3)cc(Cl)c2O1. The number of anilines is 1. The van der Waals surface area contributed by atoms with E-state index >= 15 is 0 Å². The van der Waals surface area contributed by atoms with E-state index < -0.39 is 10.0 Å². The molecule has 2 aromatic rings. The van der Waals surface area contributed by atoms with Crippen LogP contribution >= 0.6 is 11.6 Å². The van der Waals surface area contributed by atoms with Crippen LogP contribution in [-0.2, 0) is 16.4 Å². The number of sulfonamides is 1. The molecule has 0 amide bonds. The van der Waals surface area contributed by atoms with Crippen molar-refractivity contribution in [3.8, 4) is 5.75 Å². The molecule has 7 heteroatoms. The van der Waals surface area contributed by atoms with Gasteiger partial charge in [-0.25, -0.2) is 8.42 Å². The van der Waals surface area contributed by atoms with Crippen LogP contribution in [-0.4, -0.2) is 38.0 Å². The van der Waals surface area contributed by atoms with Crippen molar-refractivity contribution in [2.45, 2.75) is 36.8 Å². The fourth-order valence-electron chi connectivity index (χ4n) is 3.59. The summed E-state index contributed by atoms with van der Waals surface area (Å²) in [6.07, 6.45) is 1.47. The number of para-hydroxylation sites is 1. The Balaban J connectivity index is 1.53. The highest BCUT2D eigenvalue weighted by Crippen LogP contribution is 2.39. The molecule has 0 bridgehead atoms. The quantitative estimate of drug-likeness (QED) is 0.864. The minimum Gasteiger partial charge on any atom is -0.489 e. The fraction of sp³-hybridized carbons (Fsp3) is 0.368. The van der Waals surface area contributed by atoms with Gasteiger partial charge in [0.15, 0.2) is 0 Å². The third kappa shape index (κ3) is 3.29. The fourth-order valence-corrected chi connectivity index (χ4v) is 5.52. The molecule has 0 aliphatic carbocycles. The van der Waals surface area contributed by atoms with E-state index in [-0.39, 0.29) is 17.0 Å². The second-order valence-electron chi connectivity index (χ2n) is 6.88. The van der Waals surface area contributed by atoms with Gasteiger partial charge in [-0.3, -0.25) is 0 Å². The summed E-state index contributed by atoms with van der Waals surface area (Å²) in [6.45, 7) is 2.89. The van der Waals surface area contributed by atoms with Gasteiger partial charge in [-0.15, -0.1) is 0 Å². The van der Waals surface area contributed by atoms with Gasteiger partial charge < -0.3 is 10.1 Å². The second-order valence-corrected chi connectivity index (χ2v) is 9.23. The smallest absolute Gasteiger partial charge is 0.243 e. The zero-order valence-corrected chi connectivity index (χ0v) is 16.1. The first-order chi connectivity index (χ1) is 12.4. The predicted octanol–water partition coefficient (Wildman–Crippen LogP) is 3.54. The molecule has 5 nitrogen and oxygen atoms in total. The number of halogens is 1. The lowest BCUT2D eigenvalue weighted by molar-refractivity contribution is 0.255. The first kappa shape index (κ1) is 17.6. The average Bonchev–Trinajstić information content (AvgIpc) is 3.22. The molecule has 1 N–H and O–H groups in total. The van der Waals surface area contributed by atoms with Gasteiger partial charge in [0, 0.05) is 36.8 Å². The van der Waals surface area contributed by atoms with Gasteiger partial charge in [-0.2, -0.15) is 4.31 Å². The van der Waals surface area contributed by atoms with Gasteiger partial charge >= 0.3 is 0 Å². The van der Waals surface area contributed by atoms with Crippen molar-refractivity contribution in [1.82, 2.24) is 4.31 Å². The summed E-state index contributed by atoms with van der Waals surface area (Å²) in [7, 11) is -3.57. The van der Waals surface area contributed by atoms with Crippen molar-refractivity contribution >= 4 is 27.3 Å². The lowest BCUT2D eigenvalue weighted by atomic mass is 10.1. The topological polar surface area (TPSA) is 58.6 Å². The highest BCUT2D eigenvalue weighted by Gasteiger charge is 2.34. The Bertz CT molecular complexity index is 918. The number of fused-ring (bicyclic) bond motifs is 1. The first-order valence-corrected chi connectivity index (χ1v) is 10.6. The molecule has 0 spiro atoms. The van der Waals surface area contributed by atoms with E-state index in [0.717, 1.165) is 17.7 Å². The Morgan fingerprint density at radius 2 is 2.00 bits per heavy atom. The third-order valence-corrected chi connectivity index (χ3v) is 6.98. The van der Waals surface area contributed by atoms with E-state index in [4.69, 9.17) is 16.3 Å². The second kappa shape index (κ2) is 6.76. The van der Waals surface area contributed by atoms with Crippen LogP contribution in [0.1, 0.15) is 18.9 Å². The zero-order chi connectivity index (χ0) is 18.3. The first-order valence-electron chi connectivity index (χ1n) is 8.74. The van der Waals surface area contributed by atoms with Crippen LogP contribution in [0.3, 0.4) is 0 Å². The monoisotopic (exact) mass is 392 g/mol. The number of hydrogen-bond donors (Lipinski definition) is 1. The van der Waals surface area contributed by atoms with E-state index in [1.807, 2.05) is 37.3 Å². The van der Waals surface area contributed by atoms with Crippen LogP contribution in [0.4, 0.5) is 5.69 Å². The maximum absolute atomic E-state index is 13.1. The van der Waals surface area contributed by atoms with Crippen LogP contribution in [0.2, 0.25) is 5.02 Å². The van der Waals surface area contributed by atoms with E-state index in [2.05, 4.69) is 5.32 Å². The van der Waals surface area contributed by atoms with Crippen molar-refractivity contribution in [2.24, 2.45) is 0 Å². The largest absolute Gasteiger partial charge is 0.489 e. The van der Waals surface area contributed by atoms with Gasteiger partial charge in [0.2, 0.25) is 10.0 Å². The molecule has 1 saturated heterocycles. The zero-order valence-electron chi connectivity index (χ0n) is 14.5. The maximum Gasteiger partial charge on any atom is 0.243 e. The standard InChI is InChI=1S/C19H21ClN2O3S/c1-13-9-14-10-17(11-18(20)19(14)25-13)26(23,24)22-8-7-16(12-22)21-15-5-3-2-4-6-15/h2-6,10-11,13,16,21H,7-9,12H2,1H3. The van der Waals surface area contributed by atoms with Crippen LogP contribution in [0.5, 0.6) is 5.75 Å². The van der Waals surface area contributed by atoms with E-state index in [1.165, 1.54) is 10.4 Å². The summed E-state index contributed by atoms with van der Waals surface area (Å²) in [5, 5.41) is 3.77. The van der Waals surface area contributed by atoms with Gasteiger partial charge in [-0.05, 0) is 37.6 Å². The summed E-state index contributed by atoms with van der Waals surface area (Å²) >= 11 is 6.27. The molecule has 138 valence electrons. The highest BCUT2D eigenvalue weighted by molar-refractivity contribution is 7.89. The number of rotatable bonds is 4. The Labute approximate surface area is 159 Å². The number of nitrogens with zero attached hydrogens (tertiary/aromatic N) is 1. The Kier molecular flexibility index (Phi) is 4.59. The predicted molar refractivity (Wildman–Crippen MR) is 102 cm³/mol. The summed E-state index contributed by atoms with van der Waals surface area (Å²) in [6, 6.07) is 13.2. The van der Waals surface area contributed by atoms with Gasteiger partial charge in [-0.1, -0.05) is 29.8 Å². The van der Waals surface area contributed by atoms with Gasteiger partial charge in [0.1, 0.15) is 11.9 Å². The number of ether oxygens (including phenoxy) is 1. The van der Waals surface area contributed by atoms with E-state index in [9.17, 15) is 8.42 Å². The lowest BCUT2D eigenvalue weighted by Crippen LogP contribution is -2.31. The molecule has 2 aliphatic heterocycles. The normalized spacial score (nSPS) is 22.8. The number of hydrogen-bond acceptors (Lipinski definition) is 4.